The van der Waals surface area contributed by atoms with Gasteiger partial charge in [-0.15, -0.1) is 0 Å². The summed E-state index contributed by atoms with van der Waals surface area (Å²) in [5, 5.41) is 69.2. The fourth-order valence-electron chi connectivity index (χ4n) is 11.4. The van der Waals surface area contributed by atoms with E-state index in [1.165, 1.54) is 14.0 Å². The number of aliphatic hydroxyl groups excluding tert-OH is 4. The zero-order chi connectivity index (χ0) is 35.1. The molecule has 6 fully saturated rings. The molecule has 0 radical (unpaired) electrons. The van der Waals surface area contributed by atoms with Crippen molar-refractivity contribution in [3.63, 3.8) is 0 Å². The summed E-state index contributed by atoms with van der Waals surface area (Å²) in [6.07, 6.45) is -6.02. The summed E-state index contributed by atoms with van der Waals surface area (Å²) in [6, 6.07) is 0. The second kappa shape index (κ2) is 13.0. The van der Waals surface area contributed by atoms with Crippen LogP contribution in [0.15, 0.2) is 0 Å². The molecule has 6 rings (SSSR count). The highest BCUT2D eigenvalue weighted by atomic mass is 16.7. The smallest absolute Gasteiger partial charge is 0.187 e. The van der Waals surface area contributed by atoms with E-state index in [-0.39, 0.29) is 30.6 Å². The van der Waals surface area contributed by atoms with Crippen molar-refractivity contribution in [1.82, 2.24) is 0 Å². The molecular formula is C35H58O13. The van der Waals surface area contributed by atoms with Crippen molar-refractivity contribution < 1.29 is 63.9 Å². The molecule has 19 atom stereocenters. The number of rotatable bonds is 7. The van der Waals surface area contributed by atoms with E-state index < -0.39 is 101 Å². The van der Waals surface area contributed by atoms with Crippen LogP contribution in [0.5, 0.6) is 0 Å². The second-order valence-corrected chi connectivity index (χ2v) is 16.2. The molecule has 13 heteroatoms. The zero-order valence-electron chi connectivity index (χ0n) is 29.4. The van der Waals surface area contributed by atoms with Gasteiger partial charge >= 0.3 is 0 Å². The number of hydrogen-bond donors (Lipinski definition) is 6. The maximum atomic E-state index is 12.6. The normalized spacial score (nSPS) is 57.0. The average Bonchev–Trinajstić information content (AvgIpc) is 3.33. The van der Waals surface area contributed by atoms with Crippen molar-refractivity contribution in [1.29, 1.82) is 0 Å². The van der Waals surface area contributed by atoms with Gasteiger partial charge in [0.15, 0.2) is 12.6 Å². The number of aliphatic hydroxyl groups is 6. The predicted octanol–water partition coefficient (Wildman–Crippen LogP) is 0.808. The molecular weight excluding hydrogens is 628 g/mol. The number of fused-ring (bicyclic) bond motifs is 5. The quantitative estimate of drug-likeness (QED) is 0.206. The lowest BCUT2D eigenvalue weighted by molar-refractivity contribution is -0.352. The van der Waals surface area contributed by atoms with Crippen molar-refractivity contribution in [3.8, 4) is 0 Å². The average molecular weight is 687 g/mol. The van der Waals surface area contributed by atoms with Crippen LogP contribution in [0.4, 0.5) is 0 Å². The Morgan fingerprint density at radius 1 is 0.792 bits per heavy atom. The maximum Gasteiger partial charge on any atom is 0.187 e. The van der Waals surface area contributed by atoms with Crippen molar-refractivity contribution in [2.75, 3.05) is 14.2 Å². The third-order valence-corrected chi connectivity index (χ3v) is 14.1. The van der Waals surface area contributed by atoms with Crippen LogP contribution in [0.25, 0.3) is 0 Å². The van der Waals surface area contributed by atoms with E-state index in [2.05, 4.69) is 6.92 Å². The fourth-order valence-corrected chi connectivity index (χ4v) is 11.4. The van der Waals surface area contributed by atoms with Crippen LogP contribution < -0.4 is 0 Å². The Kier molecular flexibility index (Phi) is 10.0. The molecule has 0 bridgehead atoms. The van der Waals surface area contributed by atoms with Crippen molar-refractivity contribution in [2.45, 2.75) is 171 Å². The summed E-state index contributed by atoms with van der Waals surface area (Å²) in [5.74, 6) is -1.53. The number of methoxy groups -OCH3 is 2. The molecule has 2 heterocycles. The predicted molar refractivity (Wildman–Crippen MR) is 168 cm³/mol. The minimum Gasteiger partial charge on any atom is -0.390 e. The van der Waals surface area contributed by atoms with Crippen LogP contribution in [0.3, 0.4) is 0 Å². The van der Waals surface area contributed by atoms with Crippen LogP contribution in [-0.2, 0) is 33.2 Å². The van der Waals surface area contributed by atoms with Gasteiger partial charge in [0.1, 0.15) is 35.8 Å². The monoisotopic (exact) mass is 686 g/mol. The van der Waals surface area contributed by atoms with Crippen molar-refractivity contribution >= 4 is 5.78 Å². The number of Topliss-reactive ketones (excluding diaryl/α,β-unsaturated/α-hetero) is 1. The van der Waals surface area contributed by atoms with Gasteiger partial charge in [0.2, 0.25) is 0 Å². The Morgan fingerprint density at radius 3 is 2.15 bits per heavy atom. The summed E-state index contributed by atoms with van der Waals surface area (Å²) in [5.41, 5.74) is -5.30. The number of carbonyl (C=O) groups is 1. The topological polar surface area (TPSA) is 194 Å². The van der Waals surface area contributed by atoms with Crippen molar-refractivity contribution in [2.24, 2.45) is 28.6 Å². The van der Waals surface area contributed by atoms with E-state index in [1.807, 2.05) is 6.92 Å². The fraction of sp³-hybridized carbons (Fsp3) is 0.971. The molecule has 4 aliphatic carbocycles. The van der Waals surface area contributed by atoms with Gasteiger partial charge in [-0.25, -0.2) is 0 Å². The second-order valence-electron chi connectivity index (χ2n) is 16.2. The largest absolute Gasteiger partial charge is 0.390 e. The first kappa shape index (κ1) is 37.0. The molecule has 276 valence electrons. The number of ether oxygens (including phenoxy) is 6. The lowest BCUT2D eigenvalue weighted by Gasteiger charge is -2.69. The molecule has 6 N–H and O–H groups in total. The minimum atomic E-state index is -1.71. The minimum absolute atomic E-state index is 0.0488. The first-order valence-electron chi connectivity index (χ1n) is 17.8. The summed E-state index contributed by atoms with van der Waals surface area (Å²) < 4.78 is 35.9. The van der Waals surface area contributed by atoms with E-state index >= 15 is 0 Å². The number of carbonyl (C=O) groups excluding carboxylic acids is 1. The Bertz CT molecular complexity index is 1190. The molecule has 4 saturated carbocycles. The van der Waals surface area contributed by atoms with Gasteiger partial charge < -0.3 is 59.1 Å². The SMILES string of the molecule is CO[C@H]1[C@@H](O)[C@H](O[C@@H]2[C@@H](C)O[C@@H](O[C@H]3CC[C@@]4(C)[C@@H](CC[C@]5(O)[C@@H]4[C@H](O)[C@@H](O)[C@]4(C)[C@@H](C(C)=O)CC[C@@]45O)C3)C[C@H]2OC)O[C@H](C)[C@H]1O. The Balaban J connectivity index is 1.12. The molecule has 0 aromatic rings. The van der Waals surface area contributed by atoms with Gasteiger partial charge in [-0.05, 0) is 77.0 Å². The van der Waals surface area contributed by atoms with Gasteiger partial charge in [0, 0.05) is 37.9 Å². The molecule has 48 heavy (non-hydrogen) atoms. The van der Waals surface area contributed by atoms with E-state index in [0.717, 1.165) is 0 Å². The summed E-state index contributed by atoms with van der Waals surface area (Å²) in [7, 11) is 3.00. The van der Waals surface area contributed by atoms with Crippen LogP contribution in [0.1, 0.15) is 86.0 Å². The highest BCUT2D eigenvalue weighted by molar-refractivity contribution is 5.80. The number of ketones is 1. The van der Waals surface area contributed by atoms with Crippen LogP contribution in [-0.4, -0.2) is 135 Å². The molecule has 0 amide bonds. The van der Waals surface area contributed by atoms with E-state index in [9.17, 15) is 35.4 Å². The van der Waals surface area contributed by atoms with E-state index in [1.54, 1.807) is 21.0 Å². The van der Waals surface area contributed by atoms with E-state index in [4.69, 9.17) is 28.4 Å². The summed E-state index contributed by atoms with van der Waals surface area (Å²) in [4.78, 5) is 12.6. The highest BCUT2D eigenvalue weighted by Crippen LogP contribution is 2.70. The lowest BCUT2D eigenvalue weighted by Crippen LogP contribution is -2.80. The summed E-state index contributed by atoms with van der Waals surface area (Å²) in [6.45, 7) is 8.70. The molecule has 0 unspecified atom stereocenters. The standard InChI is InChI=1S/C35H58O13/c1-16(36)21-10-13-35(42)33(21,5)30(40)26(39)29-32(4)11-9-20(14-19(32)8-12-34(29,35)41)47-23-15-22(43-6)27(18(3)45-23)48-31-25(38)28(44-7)24(37)17(2)46-31/h17-31,37-42H,8-15H2,1-7H3/t17-,18-,19+,20+,21-,22-,23+,24-,25-,26+,27-,28-,29-,30-,31+,32+,33+,34+,35-/m1/s1. The first-order valence-corrected chi connectivity index (χ1v) is 17.8. The molecule has 13 nitrogen and oxygen atoms in total. The molecule has 2 saturated heterocycles. The Hall–Kier alpha value is -0.810. The molecule has 2 aliphatic heterocycles. The van der Waals surface area contributed by atoms with Gasteiger partial charge in [0.25, 0.3) is 0 Å². The Morgan fingerprint density at radius 2 is 1.50 bits per heavy atom. The third kappa shape index (κ3) is 5.29. The van der Waals surface area contributed by atoms with Crippen LogP contribution in [0, 0.1) is 28.6 Å². The third-order valence-electron chi connectivity index (χ3n) is 14.1. The van der Waals surface area contributed by atoms with Crippen LogP contribution in [0.2, 0.25) is 0 Å². The zero-order valence-corrected chi connectivity index (χ0v) is 29.4. The summed E-state index contributed by atoms with van der Waals surface area (Å²) >= 11 is 0. The highest BCUT2D eigenvalue weighted by Gasteiger charge is 2.79. The van der Waals surface area contributed by atoms with Crippen molar-refractivity contribution in [3.05, 3.63) is 0 Å². The molecule has 0 aromatic carbocycles. The maximum absolute atomic E-state index is 12.6. The van der Waals surface area contributed by atoms with Gasteiger partial charge in [0.05, 0.1) is 42.2 Å². The van der Waals surface area contributed by atoms with Gasteiger partial charge in [-0.1, -0.05) is 13.8 Å². The molecule has 0 aromatic heterocycles. The first-order chi connectivity index (χ1) is 22.5. The van der Waals surface area contributed by atoms with Gasteiger partial charge in [-0.3, -0.25) is 4.79 Å². The van der Waals surface area contributed by atoms with Gasteiger partial charge in [-0.2, -0.15) is 0 Å². The Labute approximate surface area is 283 Å². The molecule has 0 spiro atoms. The van der Waals surface area contributed by atoms with Crippen LogP contribution >= 0.6 is 0 Å². The number of hydrogen-bond acceptors (Lipinski definition) is 13. The molecule has 6 aliphatic rings. The van der Waals surface area contributed by atoms with E-state index in [0.29, 0.717) is 38.5 Å². The lowest BCUT2D eigenvalue weighted by atomic mass is 9.40.